The van der Waals surface area contributed by atoms with E-state index in [1.165, 1.54) is 25.4 Å². The number of carbonyl (C=O) groups excluding carboxylic acids is 1. The molecule has 0 bridgehead atoms. The molecule has 0 saturated carbocycles. The molecule has 17 heavy (non-hydrogen) atoms. The zero-order valence-corrected chi connectivity index (χ0v) is 9.01. The molecule has 0 fully saturated rings. The normalized spacial score (nSPS) is 10.2. The molecule has 2 rings (SSSR count). The third kappa shape index (κ3) is 2.20. The molecular weight excluding hydrogens is 222 g/mol. The Morgan fingerprint density at radius 1 is 1.47 bits per heavy atom. The van der Waals surface area contributed by atoms with Crippen LogP contribution >= 0.6 is 0 Å². The average Bonchev–Trinajstić information content (AvgIpc) is 2.27. The number of hydrogen-bond donors (Lipinski definition) is 1. The number of non-ortho nitro benzene ring substituents is 1. The van der Waals surface area contributed by atoms with E-state index in [1.54, 1.807) is 12.1 Å². The van der Waals surface area contributed by atoms with Gasteiger partial charge in [0.25, 0.3) is 5.69 Å². The zero-order chi connectivity index (χ0) is 12.4. The highest BCUT2D eigenvalue weighted by Crippen LogP contribution is 2.28. The van der Waals surface area contributed by atoms with Gasteiger partial charge in [-0.2, -0.15) is 0 Å². The molecule has 1 aromatic heterocycles. The molecule has 6 heteroatoms. The first kappa shape index (κ1) is 11.0. The van der Waals surface area contributed by atoms with E-state index in [-0.39, 0.29) is 11.6 Å². The van der Waals surface area contributed by atoms with Gasteiger partial charge in [-0.05, 0) is 12.1 Å². The number of anilines is 1. The Balaban J connectivity index is 2.67. The Morgan fingerprint density at radius 2 is 2.24 bits per heavy atom. The first-order chi connectivity index (χ1) is 8.08. The SMILES string of the molecule is CC(=O)Nc1cc([N+](=O)[O-])c2ccncc2c1. The number of nitrogens with zero attached hydrogens (tertiary/aromatic N) is 2. The predicted octanol–water partition coefficient (Wildman–Crippen LogP) is 2.10. The summed E-state index contributed by atoms with van der Waals surface area (Å²) in [5.74, 6) is -0.275. The number of rotatable bonds is 2. The van der Waals surface area contributed by atoms with Crippen molar-refractivity contribution >= 4 is 28.1 Å². The smallest absolute Gasteiger partial charge is 0.279 e. The van der Waals surface area contributed by atoms with Crippen molar-refractivity contribution in [2.75, 3.05) is 5.32 Å². The van der Waals surface area contributed by atoms with Crippen molar-refractivity contribution in [1.82, 2.24) is 4.98 Å². The second-order valence-electron chi connectivity index (χ2n) is 3.53. The van der Waals surface area contributed by atoms with E-state index < -0.39 is 4.92 Å². The maximum atomic E-state index is 10.9. The van der Waals surface area contributed by atoms with Crippen molar-refractivity contribution in [2.24, 2.45) is 0 Å². The molecular formula is C11H9N3O3. The highest BCUT2D eigenvalue weighted by atomic mass is 16.6. The van der Waals surface area contributed by atoms with E-state index in [4.69, 9.17) is 0 Å². The Kier molecular flexibility index (Phi) is 2.70. The Hall–Kier alpha value is -2.50. The van der Waals surface area contributed by atoms with Gasteiger partial charge in [0.2, 0.25) is 5.91 Å². The van der Waals surface area contributed by atoms with E-state index in [9.17, 15) is 14.9 Å². The Bertz CT molecular complexity index is 610. The van der Waals surface area contributed by atoms with E-state index in [0.29, 0.717) is 16.5 Å². The Labute approximate surface area is 96.4 Å². The summed E-state index contributed by atoms with van der Waals surface area (Å²) in [6.45, 7) is 1.35. The number of nitrogens with one attached hydrogen (secondary N) is 1. The third-order valence-corrected chi connectivity index (χ3v) is 2.25. The van der Waals surface area contributed by atoms with Crippen molar-refractivity contribution in [3.8, 4) is 0 Å². The molecule has 1 N–H and O–H groups in total. The third-order valence-electron chi connectivity index (χ3n) is 2.25. The first-order valence-corrected chi connectivity index (χ1v) is 4.87. The van der Waals surface area contributed by atoms with Crippen LogP contribution < -0.4 is 5.32 Å². The minimum Gasteiger partial charge on any atom is -0.326 e. The molecule has 1 aromatic carbocycles. The van der Waals surface area contributed by atoms with Crippen LogP contribution in [0.5, 0.6) is 0 Å². The fourth-order valence-electron chi connectivity index (χ4n) is 1.62. The molecule has 0 aliphatic heterocycles. The van der Waals surface area contributed by atoms with Crippen LogP contribution in [-0.2, 0) is 4.79 Å². The largest absolute Gasteiger partial charge is 0.326 e. The quantitative estimate of drug-likeness (QED) is 0.633. The predicted molar refractivity (Wildman–Crippen MR) is 62.7 cm³/mol. The summed E-state index contributed by atoms with van der Waals surface area (Å²) in [7, 11) is 0. The van der Waals surface area contributed by atoms with E-state index in [2.05, 4.69) is 10.3 Å². The minimum absolute atomic E-state index is 0.0475. The van der Waals surface area contributed by atoms with Gasteiger partial charge in [-0.3, -0.25) is 19.9 Å². The minimum atomic E-state index is -0.479. The molecule has 86 valence electrons. The van der Waals surface area contributed by atoms with Crippen molar-refractivity contribution in [3.63, 3.8) is 0 Å². The number of aromatic nitrogens is 1. The van der Waals surface area contributed by atoms with Crippen LogP contribution in [0.4, 0.5) is 11.4 Å². The maximum absolute atomic E-state index is 10.9. The molecule has 0 radical (unpaired) electrons. The van der Waals surface area contributed by atoms with Crippen molar-refractivity contribution in [3.05, 3.63) is 40.7 Å². The lowest BCUT2D eigenvalue weighted by atomic mass is 10.1. The molecule has 6 nitrogen and oxygen atoms in total. The van der Waals surface area contributed by atoms with E-state index in [0.717, 1.165) is 0 Å². The lowest BCUT2D eigenvalue weighted by molar-refractivity contribution is -0.383. The lowest BCUT2D eigenvalue weighted by Gasteiger charge is -2.04. The van der Waals surface area contributed by atoms with Crippen LogP contribution in [-0.4, -0.2) is 15.8 Å². The number of amides is 1. The molecule has 0 spiro atoms. The summed E-state index contributed by atoms with van der Waals surface area (Å²) in [6.07, 6.45) is 3.01. The summed E-state index contributed by atoms with van der Waals surface area (Å²) in [5.41, 5.74) is 0.346. The summed E-state index contributed by atoms with van der Waals surface area (Å²) >= 11 is 0. The lowest BCUT2D eigenvalue weighted by Crippen LogP contribution is -2.06. The van der Waals surface area contributed by atoms with Crippen molar-refractivity contribution in [2.45, 2.75) is 6.92 Å². The number of hydrogen-bond acceptors (Lipinski definition) is 4. The standard InChI is InChI=1S/C11H9N3O3/c1-7(15)13-9-4-8-6-12-3-2-10(8)11(5-9)14(16)17/h2-6H,1H3,(H,13,15). The van der Waals surface area contributed by atoms with Crippen LogP contribution in [0.3, 0.4) is 0 Å². The van der Waals surface area contributed by atoms with Crippen molar-refractivity contribution < 1.29 is 9.72 Å². The molecule has 0 aliphatic rings. The molecule has 1 amide bonds. The summed E-state index contributed by atoms with van der Waals surface area (Å²) in [4.78, 5) is 25.3. The fourth-order valence-corrected chi connectivity index (χ4v) is 1.62. The highest BCUT2D eigenvalue weighted by molar-refractivity contribution is 5.97. The number of nitro groups is 1. The number of pyridine rings is 1. The van der Waals surface area contributed by atoms with Crippen molar-refractivity contribution in [1.29, 1.82) is 0 Å². The Morgan fingerprint density at radius 3 is 2.88 bits per heavy atom. The second kappa shape index (κ2) is 4.17. The highest BCUT2D eigenvalue weighted by Gasteiger charge is 2.13. The monoisotopic (exact) mass is 231 g/mol. The van der Waals surface area contributed by atoms with Crippen LogP contribution in [0, 0.1) is 10.1 Å². The van der Waals surface area contributed by atoms with Gasteiger partial charge in [0.15, 0.2) is 0 Å². The van der Waals surface area contributed by atoms with Gasteiger partial charge in [-0.15, -0.1) is 0 Å². The fraction of sp³-hybridized carbons (Fsp3) is 0.0909. The molecule has 0 unspecified atom stereocenters. The summed E-state index contributed by atoms with van der Waals surface area (Å²) < 4.78 is 0. The van der Waals surface area contributed by atoms with Gasteiger partial charge in [0, 0.05) is 36.5 Å². The number of nitro benzene ring substituents is 1. The van der Waals surface area contributed by atoms with Crippen LogP contribution in [0.25, 0.3) is 10.8 Å². The van der Waals surface area contributed by atoms with E-state index in [1.807, 2.05) is 0 Å². The zero-order valence-electron chi connectivity index (χ0n) is 9.01. The van der Waals surface area contributed by atoms with E-state index >= 15 is 0 Å². The van der Waals surface area contributed by atoms with Gasteiger partial charge in [0.05, 0.1) is 10.3 Å². The van der Waals surface area contributed by atoms with Gasteiger partial charge in [0.1, 0.15) is 0 Å². The van der Waals surface area contributed by atoms with Gasteiger partial charge >= 0.3 is 0 Å². The topological polar surface area (TPSA) is 85.1 Å². The number of fused-ring (bicyclic) bond motifs is 1. The summed E-state index contributed by atoms with van der Waals surface area (Å²) in [6, 6.07) is 4.56. The van der Waals surface area contributed by atoms with Gasteiger partial charge in [-0.1, -0.05) is 0 Å². The number of benzene rings is 1. The summed E-state index contributed by atoms with van der Waals surface area (Å²) in [5, 5.41) is 14.6. The average molecular weight is 231 g/mol. The molecule has 0 aliphatic carbocycles. The van der Waals surface area contributed by atoms with Crippen LogP contribution in [0.2, 0.25) is 0 Å². The molecule has 1 heterocycles. The van der Waals surface area contributed by atoms with Gasteiger partial charge < -0.3 is 5.32 Å². The van der Waals surface area contributed by atoms with Crippen LogP contribution in [0.1, 0.15) is 6.92 Å². The number of carbonyl (C=O) groups is 1. The van der Waals surface area contributed by atoms with Gasteiger partial charge in [-0.25, -0.2) is 0 Å². The maximum Gasteiger partial charge on any atom is 0.279 e. The second-order valence-corrected chi connectivity index (χ2v) is 3.53. The molecule has 2 aromatic rings. The van der Waals surface area contributed by atoms with Crippen LogP contribution in [0.15, 0.2) is 30.6 Å². The first-order valence-electron chi connectivity index (χ1n) is 4.87. The molecule has 0 atom stereocenters. The molecule has 0 saturated heterocycles.